The number of fused-ring (bicyclic) bond motifs is 1. The van der Waals surface area contributed by atoms with Gasteiger partial charge in [-0.2, -0.15) is 0 Å². The number of likely N-dealkylation sites (tertiary alicyclic amines) is 1. The molecule has 2 heterocycles. The standard InChI is InChI=1S/C34H36F2N4O6S/c1-44-31-19-26-28(20-32(31)45-16-2-13-39-14-10-23(21-41)11-15-39)37-12-9-29(26)46-30-8-7-25(18-27(30)36)40(47)34(43)38-33(42)17-22-3-5-24(35)6-4-22/h3-9,12,18-20,23,41,47H,2,10-11,13-17,21H2,1H3,(H,38,42,43). The summed E-state index contributed by atoms with van der Waals surface area (Å²) in [7, 11) is 1.53. The van der Waals surface area contributed by atoms with Crippen molar-refractivity contribution in [2.75, 3.05) is 44.3 Å². The minimum absolute atomic E-state index is 0.0583. The average molecular weight is 667 g/mol. The fourth-order valence-electron chi connectivity index (χ4n) is 5.30. The van der Waals surface area contributed by atoms with Crippen LogP contribution in [0.4, 0.5) is 19.3 Å². The zero-order valence-corrected chi connectivity index (χ0v) is 26.7. The number of anilines is 1. The average Bonchev–Trinajstić information content (AvgIpc) is 3.08. The van der Waals surface area contributed by atoms with Gasteiger partial charge < -0.3 is 24.2 Å². The number of halogens is 2. The van der Waals surface area contributed by atoms with E-state index in [0.717, 1.165) is 49.3 Å². The van der Waals surface area contributed by atoms with Crippen molar-refractivity contribution in [1.29, 1.82) is 0 Å². The van der Waals surface area contributed by atoms with Crippen molar-refractivity contribution in [3.63, 3.8) is 0 Å². The minimum atomic E-state index is -0.888. The molecule has 0 aliphatic carbocycles. The summed E-state index contributed by atoms with van der Waals surface area (Å²) >= 11 is 4.12. The number of amides is 3. The van der Waals surface area contributed by atoms with Crippen LogP contribution in [0.5, 0.6) is 23.0 Å². The number of imide groups is 1. The topological polar surface area (TPSA) is 113 Å². The number of ether oxygens (including phenoxy) is 3. The summed E-state index contributed by atoms with van der Waals surface area (Å²) < 4.78 is 46.7. The number of pyridine rings is 1. The molecule has 0 radical (unpaired) electrons. The third-order valence-electron chi connectivity index (χ3n) is 7.93. The number of thiol groups is 1. The number of carbonyl (C=O) groups is 2. The second-order valence-electron chi connectivity index (χ2n) is 11.2. The summed E-state index contributed by atoms with van der Waals surface area (Å²) in [6, 6.07) is 13.3. The van der Waals surface area contributed by atoms with E-state index in [-0.39, 0.29) is 24.5 Å². The van der Waals surface area contributed by atoms with Gasteiger partial charge in [-0.1, -0.05) is 24.9 Å². The molecule has 0 spiro atoms. The van der Waals surface area contributed by atoms with E-state index in [9.17, 15) is 19.1 Å². The fraction of sp³-hybridized carbons (Fsp3) is 0.324. The second kappa shape index (κ2) is 15.9. The van der Waals surface area contributed by atoms with E-state index in [1.54, 1.807) is 24.4 Å². The predicted octanol–water partition coefficient (Wildman–Crippen LogP) is 5.92. The van der Waals surface area contributed by atoms with Gasteiger partial charge in [0.15, 0.2) is 23.1 Å². The molecule has 4 aromatic rings. The highest BCUT2D eigenvalue weighted by atomic mass is 32.1. The van der Waals surface area contributed by atoms with Crippen LogP contribution in [0.15, 0.2) is 66.9 Å². The molecule has 0 atom stereocenters. The number of carbonyl (C=O) groups excluding carboxylic acids is 2. The highest BCUT2D eigenvalue weighted by Crippen LogP contribution is 2.38. The van der Waals surface area contributed by atoms with E-state index in [1.165, 1.54) is 43.5 Å². The van der Waals surface area contributed by atoms with Gasteiger partial charge in [-0.15, -0.1) is 0 Å². The molecule has 1 saturated heterocycles. The first-order chi connectivity index (χ1) is 22.7. The summed E-state index contributed by atoms with van der Waals surface area (Å²) in [5.41, 5.74) is 1.13. The molecule has 248 valence electrons. The van der Waals surface area contributed by atoms with Gasteiger partial charge in [0, 0.05) is 36.9 Å². The number of benzene rings is 3. The van der Waals surface area contributed by atoms with Gasteiger partial charge in [-0.25, -0.2) is 17.9 Å². The zero-order chi connectivity index (χ0) is 33.3. The molecule has 10 nitrogen and oxygen atoms in total. The number of aliphatic hydroxyl groups excluding tert-OH is 1. The van der Waals surface area contributed by atoms with Crippen LogP contribution in [0.2, 0.25) is 0 Å². The van der Waals surface area contributed by atoms with Gasteiger partial charge >= 0.3 is 6.03 Å². The number of aromatic nitrogens is 1. The molecule has 1 aliphatic heterocycles. The molecule has 3 aromatic carbocycles. The van der Waals surface area contributed by atoms with Crippen molar-refractivity contribution in [3.8, 4) is 23.0 Å². The maximum atomic E-state index is 15.2. The summed E-state index contributed by atoms with van der Waals surface area (Å²) in [5, 5.41) is 12.1. The largest absolute Gasteiger partial charge is 0.493 e. The van der Waals surface area contributed by atoms with Gasteiger partial charge in [0.25, 0.3) is 0 Å². The lowest BCUT2D eigenvalue weighted by molar-refractivity contribution is -0.119. The number of piperidine rings is 1. The van der Waals surface area contributed by atoms with Gasteiger partial charge in [0.2, 0.25) is 5.91 Å². The van der Waals surface area contributed by atoms with Crippen molar-refractivity contribution in [2.45, 2.75) is 25.7 Å². The lowest BCUT2D eigenvalue weighted by atomic mass is 9.98. The number of nitrogens with one attached hydrogen (secondary N) is 1. The SMILES string of the molecule is COc1cc2c(Oc3ccc(N(S)C(=O)NC(=O)Cc4ccc(F)cc4)cc3F)ccnc2cc1OCCCN1CCC(CO)CC1. The van der Waals surface area contributed by atoms with E-state index in [0.29, 0.717) is 46.2 Å². The highest BCUT2D eigenvalue weighted by molar-refractivity contribution is 7.82. The molecule has 13 heteroatoms. The molecule has 5 rings (SSSR count). The molecule has 3 amide bonds. The first kappa shape index (κ1) is 33.9. The Hall–Kier alpha value is -4.46. The number of nitrogens with zero attached hydrogens (tertiary/aromatic N) is 3. The number of aliphatic hydroxyl groups is 1. The predicted molar refractivity (Wildman–Crippen MR) is 176 cm³/mol. The van der Waals surface area contributed by atoms with Crippen LogP contribution >= 0.6 is 12.8 Å². The molecule has 2 N–H and O–H groups in total. The first-order valence-electron chi connectivity index (χ1n) is 15.2. The Labute approximate surface area is 276 Å². The maximum Gasteiger partial charge on any atom is 0.338 e. The molecule has 0 bridgehead atoms. The quantitative estimate of drug-likeness (QED) is 0.126. The molecule has 0 unspecified atom stereocenters. The molecule has 1 aliphatic rings. The summed E-state index contributed by atoms with van der Waals surface area (Å²) in [6.45, 7) is 3.59. The van der Waals surface area contributed by atoms with E-state index >= 15 is 4.39 Å². The normalized spacial score (nSPS) is 13.7. The van der Waals surface area contributed by atoms with Gasteiger partial charge in [-0.3, -0.25) is 15.1 Å². The van der Waals surface area contributed by atoms with Crippen LogP contribution in [0.3, 0.4) is 0 Å². The number of rotatable bonds is 12. The summed E-state index contributed by atoms with van der Waals surface area (Å²) in [5.74, 6) is -0.232. The Morgan fingerprint density at radius 1 is 1.02 bits per heavy atom. The monoisotopic (exact) mass is 666 g/mol. The van der Waals surface area contributed by atoms with Gasteiger partial charge in [-0.05, 0) is 80.2 Å². The second-order valence-corrected chi connectivity index (χ2v) is 11.6. The summed E-state index contributed by atoms with van der Waals surface area (Å²) in [6.07, 6.45) is 4.23. The van der Waals surface area contributed by atoms with E-state index in [4.69, 9.17) is 14.2 Å². The Bertz CT molecular complexity index is 1700. The van der Waals surface area contributed by atoms with Crippen molar-refractivity contribution in [3.05, 3.63) is 84.1 Å². The van der Waals surface area contributed by atoms with Gasteiger partial charge in [0.1, 0.15) is 11.6 Å². The van der Waals surface area contributed by atoms with Crippen LogP contribution in [0, 0.1) is 17.6 Å². The third-order valence-corrected chi connectivity index (χ3v) is 8.34. The zero-order valence-electron chi connectivity index (χ0n) is 25.8. The summed E-state index contributed by atoms with van der Waals surface area (Å²) in [4.78, 5) is 31.6. The molecule has 0 saturated carbocycles. The maximum absolute atomic E-state index is 15.2. The van der Waals surface area contributed by atoms with Crippen LogP contribution in [0.1, 0.15) is 24.8 Å². The number of urea groups is 1. The molecular weight excluding hydrogens is 630 g/mol. The lowest BCUT2D eigenvalue weighted by Crippen LogP contribution is -2.39. The van der Waals surface area contributed by atoms with Crippen LogP contribution < -0.4 is 23.8 Å². The molecular formula is C34H36F2N4O6S. The molecule has 1 fully saturated rings. The van der Waals surface area contributed by atoms with Crippen LogP contribution in [0.25, 0.3) is 10.9 Å². The van der Waals surface area contributed by atoms with Crippen LogP contribution in [-0.2, 0) is 11.2 Å². The fourth-order valence-corrected chi connectivity index (χ4v) is 5.47. The Balaban J connectivity index is 1.20. The Morgan fingerprint density at radius 3 is 2.49 bits per heavy atom. The molecule has 47 heavy (non-hydrogen) atoms. The Morgan fingerprint density at radius 2 is 1.79 bits per heavy atom. The van der Waals surface area contributed by atoms with Crippen molar-refractivity contribution in [2.24, 2.45) is 5.92 Å². The van der Waals surface area contributed by atoms with Crippen molar-refractivity contribution >= 4 is 41.3 Å². The lowest BCUT2D eigenvalue weighted by Gasteiger charge is -2.30. The smallest absolute Gasteiger partial charge is 0.338 e. The first-order valence-corrected chi connectivity index (χ1v) is 15.6. The van der Waals surface area contributed by atoms with Crippen molar-refractivity contribution in [1.82, 2.24) is 15.2 Å². The van der Waals surface area contributed by atoms with E-state index in [2.05, 4.69) is 28.0 Å². The third kappa shape index (κ3) is 8.88. The Kier molecular flexibility index (Phi) is 11.5. The molecule has 1 aromatic heterocycles. The number of hydrogen-bond donors (Lipinski definition) is 3. The number of methoxy groups -OCH3 is 1. The number of hydrogen-bond acceptors (Lipinski definition) is 9. The van der Waals surface area contributed by atoms with Crippen molar-refractivity contribution < 1.29 is 37.7 Å². The van der Waals surface area contributed by atoms with E-state index in [1.807, 2.05) is 0 Å². The van der Waals surface area contributed by atoms with Crippen LogP contribution in [-0.4, -0.2) is 66.9 Å². The van der Waals surface area contributed by atoms with Gasteiger partial charge in [0.05, 0.1) is 31.3 Å². The minimum Gasteiger partial charge on any atom is -0.493 e. The highest BCUT2D eigenvalue weighted by Gasteiger charge is 2.20. The van der Waals surface area contributed by atoms with E-state index < -0.39 is 23.6 Å².